The maximum atomic E-state index is 12.9. The van der Waals surface area contributed by atoms with Crippen LogP contribution in [-0.4, -0.2) is 37.8 Å². The summed E-state index contributed by atoms with van der Waals surface area (Å²) < 4.78 is 73.5. The van der Waals surface area contributed by atoms with Crippen molar-refractivity contribution in [2.75, 3.05) is 13.1 Å². The van der Waals surface area contributed by atoms with Gasteiger partial charge < -0.3 is 5.32 Å². The molecule has 1 aliphatic heterocycles. The van der Waals surface area contributed by atoms with E-state index < -0.39 is 34.0 Å². The number of halogens is 4. The monoisotopic (exact) mass is 394 g/mol. The minimum atomic E-state index is -4.79. The zero-order valence-electron chi connectivity index (χ0n) is 13.7. The standard InChI is InChI=1S/C16H18F4N2O3S/c17-16(18,19)12-4-1-3-10(7-12)13-5-2-6-14(13)21-15(23)11-8-22(9-11)26(20,24)25/h1,3-4,7,11,13-14H,2,5-6,8-9H2,(H,21,23)/t13-,14+/m0/s1. The Balaban J connectivity index is 1.65. The zero-order valence-corrected chi connectivity index (χ0v) is 14.5. The van der Waals surface area contributed by atoms with E-state index in [1.165, 1.54) is 6.07 Å². The summed E-state index contributed by atoms with van der Waals surface area (Å²) in [5.74, 6) is -1.26. The molecule has 2 atom stereocenters. The smallest absolute Gasteiger partial charge is 0.352 e. The Morgan fingerprint density at radius 3 is 2.50 bits per heavy atom. The summed E-state index contributed by atoms with van der Waals surface area (Å²) in [4.78, 5) is 12.2. The summed E-state index contributed by atoms with van der Waals surface area (Å²) in [6.45, 7) is -0.433. The van der Waals surface area contributed by atoms with Crippen LogP contribution in [0.5, 0.6) is 0 Å². The molecule has 1 saturated heterocycles. The van der Waals surface area contributed by atoms with Crippen LogP contribution in [0.15, 0.2) is 24.3 Å². The molecular weight excluding hydrogens is 376 g/mol. The summed E-state index contributed by atoms with van der Waals surface area (Å²) in [5.41, 5.74) is -0.209. The molecule has 144 valence electrons. The number of carbonyl (C=O) groups excluding carboxylic acids is 1. The minimum Gasteiger partial charge on any atom is -0.352 e. The molecule has 0 radical (unpaired) electrons. The highest BCUT2D eigenvalue weighted by Gasteiger charge is 2.41. The molecule has 1 aliphatic carbocycles. The lowest BCUT2D eigenvalue weighted by Gasteiger charge is -2.35. The quantitative estimate of drug-likeness (QED) is 0.631. The van der Waals surface area contributed by atoms with Gasteiger partial charge >= 0.3 is 16.6 Å². The Bertz CT molecular complexity index is 791. The Hall–Kier alpha value is -1.68. The fourth-order valence-corrected chi connectivity index (χ4v) is 4.28. The van der Waals surface area contributed by atoms with Crippen molar-refractivity contribution < 1.29 is 30.3 Å². The highest BCUT2D eigenvalue weighted by atomic mass is 32.3. The summed E-state index contributed by atoms with van der Waals surface area (Å²) in [6.07, 6.45) is -2.38. The van der Waals surface area contributed by atoms with Gasteiger partial charge in [-0.25, -0.2) is 0 Å². The van der Waals surface area contributed by atoms with E-state index in [1.807, 2.05) is 0 Å². The highest BCUT2D eigenvalue weighted by Crippen LogP contribution is 2.38. The van der Waals surface area contributed by atoms with Crippen LogP contribution >= 0.6 is 0 Å². The molecule has 1 aromatic carbocycles. The van der Waals surface area contributed by atoms with E-state index in [1.54, 1.807) is 6.07 Å². The van der Waals surface area contributed by atoms with Crippen molar-refractivity contribution in [3.8, 4) is 0 Å². The minimum absolute atomic E-state index is 0.217. The molecule has 1 amide bonds. The highest BCUT2D eigenvalue weighted by molar-refractivity contribution is 7.84. The van der Waals surface area contributed by atoms with Crippen molar-refractivity contribution in [1.82, 2.24) is 9.62 Å². The normalized spacial score (nSPS) is 25.1. The number of hydrogen-bond donors (Lipinski definition) is 1. The fourth-order valence-electron chi connectivity index (χ4n) is 3.56. The van der Waals surface area contributed by atoms with Crippen LogP contribution in [0.4, 0.5) is 17.1 Å². The third-order valence-corrected chi connectivity index (χ3v) is 5.93. The number of rotatable bonds is 4. The van der Waals surface area contributed by atoms with Crippen molar-refractivity contribution in [3.63, 3.8) is 0 Å². The van der Waals surface area contributed by atoms with Gasteiger partial charge in [-0.3, -0.25) is 4.79 Å². The fraction of sp³-hybridized carbons (Fsp3) is 0.562. The molecule has 0 aromatic heterocycles. The number of nitrogens with one attached hydrogen (secondary N) is 1. The molecule has 1 aromatic rings. The molecular formula is C16H18F4N2O3S. The van der Waals surface area contributed by atoms with Gasteiger partial charge in [-0.05, 0) is 24.5 Å². The lowest BCUT2D eigenvalue weighted by molar-refractivity contribution is -0.137. The molecule has 5 nitrogen and oxygen atoms in total. The van der Waals surface area contributed by atoms with E-state index in [0.29, 0.717) is 22.7 Å². The molecule has 0 unspecified atom stereocenters. The lowest BCUT2D eigenvalue weighted by atomic mass is 9.91. The Morgan fingerprint density at radius 2 is 1.88 bits per heavy atom. The first-order valence-corrected chi connectivity index (χ1v) is 9.57. The van der Waals surface area contributed by atoms with Crippen LogP contribution in [0.2, 0.25) is 0 Å². The third-order valence-electron chi connectivity index (χ3n) is 5.01. The number of carbonyl (C=O) groups is 1. The van der Waals surface area contributed by atoms with Gasteiger partial charge in [-0.1, -0.05) is 28.5 Å². The average molecular weight is 394 g/mol. The molecule has 2 aliphatic rings. The largest absolute Gasteiger partial charge is 0.416 e. The Labute approximate surface area is 148 Å². The maximum absolute atomic E-state index is 12.9. The van der Waals surface area contributed by atoms with Crippen LogP contribution in [0.25, 0.3) is 0 Å². The molecule has 10 heteroatoms. The summed E-state index contributed by atoms with van der Waals surface area (Å²) in [6, 6.07) is 4.76. The van der Waals surface area contributed by atoms with Crippen molar-refractivity contribution in [2.24, 2.45) is 5.92 Å². The van der Waals surface area contributed by atoms with Crippen LogP contribution < -0.4 is 5.32 Å². The van der Waals surface area contributed by atoms with Gasteiger partial charge in [0, 0.05) is 25.0 Å². The molecule has 0 bridgehead atoms. The average Bonchev–Trinajstić information content (AvgIpc) is 2.91. The van der Waals surface area contributed by atoms with Gasteiger partial charge in [0.1, 0.15) is 0 Å². The number of nitrogens with zero attached hydrogens (tertiary/aromatic N) is 1. The summed E-state index contributed by atoms with van der Waals surface area (Å²) in [7, 11) is -4.79. The summed E-state index contributed by atoms with van der Waals surface area (Å²) in [5, 5.41) is 2.80. The van der Waals surface area contributed by atoms with Crippen molar-refractivity contribution >= 4 is 16.3 Å². The number of benzene rings is 1. The van der Waals surface area contributed by atoms with Gasteiger partial charge in [-0.15, -0.1) is 0 Å². The number of amides is 1. The summed E-state index contributed by atoms with van der Waals surface area (Å²) >= 11 is 0. The van der Waals surface area contributed by atoms with Crippen molar-refractivity contribution in [2.45, 2.75) is 37.4 Å². The molecule has 1 saturated carbocycles. The Morgan fingerprint density at radius 1 is 1.19 bits per heavy atom. The molecule has 1 N–H and O–H groups in total. The van der Waals surface area contributed by atoms with Crippen molar-refractivity contribution in [1.29, 1.82) is 0 Å². The van der Waals surface area contributed by atoms with Gasteiger partial charge in [-0.2, -0.15) is 25.9 Å². The molecule has 0 spiro atoms. The van der Waals surface area contributed by atoms with Gasteiger partial charge in [0.05, 0.1) is 11.5 Å². The number of hydrogen-bond acceptors (Lipinski definition) is 3. The van der Waals surface area contributed by atoms with Crippen LogP contribution in [-0.2, 0) is 21.4 Å². The van der Waals surface area contributed by atoms with E-state index in [9.17, 15) is 30.3 Å². The predicted molar refractivity (Wildman–Crippen MR) is 85.1 cm³/mol. The first-order chi connectivity index (χ1) is 12.1. The zero-order chi connectivity index (χ0) is 19.1. The van der Waals surface area contributed by atoms with Gasteiger partial charge in [0.25, 0.3) is 0 Å². The van der Waals surface area contributed by atoms with E-state index in [0.717, 1.165) is 18.6 Å². The Kier molecular flexibility index (Phi) is 5.00. The lowest BCUT2D eigenvalue weighted by Crippen LogP contribution is -2.56. The van der Waals surface area contributed by atoms with Crippen LogP contribution in [0.1, 0.15) is 36.3 Å². The third kappa shape index (κ3) is 4.01. The van der Waals surface area contributed by atoms with Crippen molar-refractivity contribution in [3.05, 3.63) is 35.4 Å². The van der Waals surface area contributed by atoms with E-state index in [4.69, 9.17) is 0 Å². The molecule has 26 heavy (non-hydrogen) atoms. The van der Waals surface area contributed by atoms with Gasteiger partial charge in [0.15, 0.2) is 0 Å². The second-order valence-electron chi connectivity index (χ2n) is 6.73. The first kappa shape index (κ1) is 19.1. The van der Waals surface area contributed by atoms with E-state index >= 15 is 0 Å². The topological polar surface area (TPSA) is 66.5 Å². The molecule has 1 heterocycles. The molecule has 3 rings (SSSR count). The SMILES string of the molecule is O=C(N[C@@H]1CCC[C@H]1c1cccc(C(F)(F)F)c1)C1CN(S(=O)(=O)F)C1. The maximum Gasteiger partial charge on any atom is 0.416 e. The molecule has 2 fully saturated rings. The van der Waals surface area contributed by atoms with E-state index in [-0.39, 0.29) is 25.0 Å². The second-order valence-corrected chi connectivity index (χ2v) is 8.07. The van der Waals surface area contributed by atoms with Crippen LogP contribution in [0.3, 0.4) is 0 Å². The first-order valence-electron chi connectivity index (χ1n) is 8.23. The van der Waals surface area contributed by atoms with Crippen LogP contribution in [0, 0.1) is 5.92 Å². The van der Waals surface area contributed by atoms with Gasteiger partial charge in [0.2, 0.25) is 5.91 Å². The second kappa shape index (κ2) is 6.80. The predicted octanol–water partition coefficient (Wildman–Crippen LogP) is 2.60. The number of alkyl halides is 3. The van der Waals surface area contributed by atoms with E-state index in [2.05, 4.69) is 5.32 Å².